The lowest BCUT2D eigenvalue weighted by molar-refractivity contribution is -0.118. The van der Waals surface area contributed by atoms with Crippen LogP contribution in [-0.4, -0.2) is 40.7 Å². The number of aromatic nitrogens is 1. The van der Waals surface area contributed by atoms with Crippen molar-refractivity contribution in [3.63, 3.8) is 0 Å². The summed E-state index contributed by atoms with van der Waals surface area (Å²) in [6.07, 6.45) is 0.883. The minimum absolute atomic E-state index is 0.0237. The Morgan fingerprint density at radius 3 is 2.67 bits per heavy atom. The molecular formula is C27H29N3O6. The highest BCUT2D eigenvalue weighted by atomic mass is 16.5. The van der Waals surface area contributed by atoms with E-state index in [2.05, 4.69) is 4.90 Å². The zero-order chi connectivity index (χ0) is 25.4. The summed E-state index contributed by atoms with van der Waals surface area (Å²) in [6, 6.07) is 13.7. The standard InChI is InChI=1S/C27H29N3O6/c1-35-19-7-5-17(6-8-19)21(11-24(28)32)27-26(34)23(31)10-20(36-27)15-29-12-16-9-18(14-29)22-3-2-4-25(33)30(22)13-16/h2-8,10,16,18,21,34H,9,11-15H2,1H3,(H2,28,32)/t16-,18+,21-/m1/s1. The maximum atomic E-state index is 12.7. The summed E-state index contributed by atoms with van der Waals surface area (Å²) in [7, 11) is 1.55. The van der Waals surface area contributed by atoms with Crippen molar-refractivity contribution in [1.29, 1.82) is 0 Å². The summed E-state index contributed by atoms with van der Waals surface area (Å²) in [4.78, 5) is 39.1. The number of primary amides is 1. The molecule has 2 aliphatic heterocycles. The van der Waals surface area contributed by atoms with Gasteiger partial charge in [0.15, 0.2) is 5.76 Å². The van der Waals surface area contributed by atoms with Gasteiger partial charge in [-0.05, 0) is 36.1 Å². The van der Waals surface area contributed by atoms with Gasteiger partial charge in [-0.25, -0.2) is 0 Å². The second-order valence-electron chi connectivity index (χ2n) is 9.68. The summed E-state index contributed by atoms with van der Waals surface area (Å²) >= 11 is 0. The van der Waals surface area contributed by atoms with Gasteiger partial charge in [-0.1, -0.05) is 18.2 Å². The molecule has 3 N–H and O–H groups in total. The Morgan fingerprint density at radius 2 is 1.94 bits per heavy atom. The van der Waals surface area contributed by atoms with Crippen LogP contribution in [-0.2, 0) is 17.9 Å². The Morgan fingerprint density at radius 1 is 1.17 bits per heavy atom. The number of carbonyl (C=O) groups is 1. The van der Waals surface area contributed by atoms with Gasteiger partial charge in [0.25, 0.3) is 5.56 Å². The maximum Gasteiger partial charge on any atom is 0.250 e. The van der Waals surface area contributed by atoms with Crippen molar-refractivity contribution in [2.24, 2.45) is 11.7 Å². The molecule has 188 valence electrons. The smallest absolute Gasteiger partial charge is 0.250 e. The van der Waals surface area contributed by atoms with Crippen molar-refractivity contribution in [3.8, 4) is 11.5 Å². The van der Waals surface area contributed by atoms with Gasteiger partial charge < -0.3 is 24.6 Å². The van der Waals surface area contributed by atoms with E-state index in [0.717, 1.165) is 25.2 Å². The van der Waals surface area contributed by atoms with Gasteiger partial charge in [0.05, 0.1) is 19.6 Å². The van der Waals surface area contributed by atoms with Gasteiger partial charge in [-0.15, -0.1) is 0 Å². The average Bonchev–Trinajstić information content (AvgIpc) is 2.85. The van der Waals surface area contributed by atoms with Crippen molar-refractivity contribution < 1.29 is 19.1 Å². The number of nitrogens with two attached hydrogens (primary N) is 1. The first-order valence-electron chi connectivity index (χ1n) is 12.0. The maximum absolute atomic E-state index is 12.7. The van der Waals surface area contributed by atoms with Crippen molar-refractivity contribution >= 4 is 5.91 Å². The minimum Gasteiger partial charge on any atom is -0.502 e. The van der Waals surface area contributed by atoms with Crippen molar-refractivity contribution in [2.45, 2.75) is 37.8 Å². The number of benzene rings is 1. The molecule has 0 spiro atoms. The number of amides is 1. The zero-order valence-electron chi connectivity index (χ0n) is 20.1. The van der Waals surface area contributed by atoms with E-state index in [1.807, 2.05) is 10.6 Å². The molecule has 0 unspecified atom stereocenters. The van der Waals surface area contributed by atoms with Crippen LogP contribution in [0.4, 0.5) is 0 Å². The third-order valence-corrected chi connectivity index (χ3v) is 7.17. The molecular weight excluding hydrogens is 462 g/mol. The largest absolute Gasteiger partial charge is 0.502 e. The number of rotatable bonds is 7. The van der Waals surface area contributed by atoms with E-state index in [9.17, 15) is 19.5 Å². The highest BCUT2D eigenvalue weighted by Gasteiger charge is 2.35. The molecule has 2 aromatic heterocycles. The summed E-state index contributed by atoms with van der Waals surface area (Å²) in [6.45, 7) is 2.53. The van der Waals surface area contributed by atoms with E-state index < -0.39 is 23.0 Å². The molecule has 0 aliphatic carbocycles. The third kappa shape index (κ3) is 4.66. The van der Waals surface area contributed by atoms with Crippen LogP contribution in [0.1, 0.15) is 47.5 Å². The summed E-state index contributed by atoms with van der Waals surface area (Å²) in [5.41, 5.74) is 6.67. The van der Waals surface area contributed by atoms with E-state index in [-0.39, 0.29) is 23.7 Å². The molecule has 3 atom stereocenters. The van der Waals surface area contributed by atoms with Crippen LogP contribution in [0.25, 0.3) is 0 Å². The van der Waals surface area contributed by atoms with Crippen LogP contribution in [0.3, 0.4) is 0 Å². The van der Waals surface area contributed by atoms with Crippen LogP contribution < -0.4 is 21.5 Å². The molecule has 1 aromatic carbocycles. The molecule has 36 heavy (non-hydrogen) atoms. The van der Waals surface area contributed by atoms with Crippen molar-refractivity contribution in [2.75, 3.05) is 20.2 Å². The topological polar surface area (TPSA) is 128 Å². The number of fused-ring (bicyclic) bond motifs is 4. The van der Waals surface area contributed by atoms with E-state index in [1.165, 1.54) is 6.07 Å². The molecule has 9 nitrogen and oxygen atoms in total. The SMILES string of the molecule is COc1ccc([C@@H](CC(N)=O)c2oc(CN3C[C@H]4C[C@@H](C3)c3cccc(=O)n3C4)cc(=O)c2O)cc1. The number of pyridine rings is 1. The van der Waals surface area contributed by atoms with Crippen molar-refractivity contribution in [3.05, 3.63) is 91.9 Å². The third-order valence-electron chi connectivity index (χ3n) is 7.17. The molecule has 5 rings (SSSR count). The van der Waals surface area contributed by atoms with Gasteiger partial charge >= 0.3 is 0 Å². The molecule has 2 aliphatic rings. The van der Waals surface area contributed by atoms with E-state index in [0.29, 0.717) is 36.1 Å². The first-order valence-corrected chi connectivity index (χ1v) is 12.0. The van der Waals surface area contributed by atoms with Crippen molar-refractivity contribution in [1.82, 2.24) is 9.47 Å². The van der Waals surface area contributed by atoms with Gasteiger partial charge in [0.1, 0.15) is 11.5 Å². The molecule has 1 amide bonds. The monoisotopic (exact) mass is 491 g/mol. The van der Waals surface area contributed by atoms with Crippen LogP contribution >= 0.6 is 0 Å². The number of methoxy groups -OCH3 is 1. The molecule has 9 heteroatoms. The number of ether oxygens (including phenoxy) is 1. The Bertz CT molecular complexity index is 1390. The summed E-state index contributed by atoms with van der Waals surface area (Å²) in [5, 5.41) is 10.6. The number of hydrogen-bond acceptors (Lipinski definition) is 7. The van der Waals surface area contributed by atoms with Gasteiger partial charge in [0, 0.05) is 49.8 Å². The molecule has 1 saturated heterocycles. The van der Waals surface area contributed by atoms with E-state index >= 15 is 0 Å². The highest BCUT2D eigenvalue weighted by Crippen LogP contribution is 2.37. The quantitative estimate of drug-likeness (QED) is 0.518. The number of hydrogen-bond donors (Lipinski definition) is 2. The normalized spacial score (nSPS) is 19.9. The average molecular weight is 492 g/mol. The van der Waals surface area contributed by atoms with Crippen LogP contribution in [0.5, 0.6) is 11.5 Å². The number of carbonyl (C=O) groups excluding carboxylic acids is 1. The van der Waals surface area contributed by atoms with Crippen LogP contribution in [0, 0.1) is 5.92 Å². The number of nitrogens with zero attached hydrogens (tertiary/aromatic N) is 2. The molecule has 4 heterocycles. The lowest BCUT2D eigenvalue weighted by Crippen LogP contribution is -2.46. The molecule has 0 radical (unpaired) electrons. The molecule has 3 aromatic rings. The Hall–Kier alpha value is -3.85. The predicted molar refractivity (Wildman–Crippen MR) is 132 cm³/mol. The Balaban J connectivity index is 1.44. The Kier molecular flexibility index (Phi) is 6.40. The highest BCUT2D eigenvalue weighted by molar-refractivity contribution is 5.75. The predicted octanol–water partition coefficient (Wildman–Crippen LogP) is 2.14. The van der Waals surface area contributed by atoms with Gasteiger partial charge in [-0.2, -0.15) is 0 Å². The number of likely N-dealkylation sites (tertiary alicyclic amines) is 1. The molecule has 2 bridgehead atoms. The van der Waals surface area contributed by atoms with Gasteiger partial charge in [0.2, 0.25) is 17.1 Å². The second-order valence-corrected chi connectivity index (χ2v) is 9.68. The number of aromatic hydroxyl groups is 1. The fourth-order valence-corrected chi connectivity index (χ4v) is 5.61. The number of piperidine rings is 1. The van der Waals surface area contributed by atoms with Crippen LogP contribution in [0.2, 0.25) is 0 Å². The molecule has 0 saturated carbocycles. The first-order chi connectivity index (χ1) is 17.3. The zero-order valence-corrected chi connectivity index (χ0v) is 20.1. The summed E-state index contributed by atoms with van der Waals surface area (Å²) < 4.78 is 13.2. The minimum atomic E-state index is -0.722. The van der Waals surface area contributed by atoms with Gasteiger partial charge in [-0.3, -0.25) is 19.3 Å². The second kappa shape index (κ2) is 9.66. The fraction of sp³-hybridized carbons (Fsp3) is 0.370. The summed E-state index contributed by atoms with van der Waals surface area (Å²) in [5.74, 6) is -0.225. The van der Waals surface area contributed by atoms with E-state index in [4.69, 9.17) is 14.9 Å². The van der Waals surface area contributed by atoms with Crippen LogP contribution in [0.15, 0.2) is 62.5 Å². The van der Waals surface area contributed by atoms with E-state index in [1.54, 1.807) is 43.5 Å². The fourth-order valence-electron chi connectivity index (χ4n) is 5.61. The lowest BCUT2D eigenvalue weighted by Gasteiger charge is -2.42. The Labute approximate surface area is 207 Å². The first kappa shape index (κ1) is 23.9. The lowest BCUT2D eigenvalue weighted by atomic mass is 9.83. The molecule has 1 fully saturated rings.